The molecular weight excluding hydrogens is 296 g/mol. The highest BCUT2D eigenvalue weighted by Crippen LogP contribution is 2.17. The fourth-order valence-corrected chi connectivity index (χ4v) is 1.90. The zero-order chi connectivity index (χ0) is 13.3. The van der Waals surface area contributed by atoms with Crippen LogP contribution >= 0.6 is 15.9 Å². The Kier molecular flexibility index (Phi) is 3.47. The second kappa shape index (κ2) is 4.89. The standard InChI is InChI=1S/C12H13BrN4O/c1-6-9(13)4-5-10(14-6)15-12(18)11-7(2)16-17-8(11)3/h4-5H,1-3H3,(H,16,17)(H,14,15,18). The summed E-state index contributed by atoms with van der Waals surface area (Å²) >= 11 is 3.37. The molecule has 2 aromatic heterocycles. The van der Waals surface area contributed by atoms with E-state index in [0.29, 0.717) is 17.1 Å². The first-order chi connectivity index (χ1) is 8.49. The van der Waals surface area contributed by atoms with Crippen molar-refractivity contribution in [2.24, 2.45) is 0 Å². The van der Waals surface area contributed by atoms with Crippen LogP contribution < -0.4 is 5.32 Å². The molecule has 18 heavy (non-hydrogen) atoms. The van der Waals surface area contributed by atoms with Crippen molar-refractivity contribution in [3.05, 3.63) is 39.3 Å². The molecule has 0 aliphatic carbocycles. The van der Waals surface area contributed by atoms with Gasteiger partial charge in [0.15, 0.2) is 0 Å². The Balaban J connectivity index is 2.24. The third-order valence-corrected chi connectivity index (χ3v) is 3.46. The Labute approximate surface area is 113 Å². The molecule has 5 nitrogen and oxygen atoms in total. The van der Waals surface area contributed by atoms with Crippen LogP contribution in [0.3, 0.4) is 0 Å². The first kappa shape index (κ1) is 12.8. The fourth-order valence-electron chi connectivity index (χ4n) is 1.68. The van der Waals surface area contributed by atoms with Gasteiger partial charge in [0.25, 0.3) is 5.91 Å². The zero-order valence-corrected chi connectivity index (χ0v) is 11.9. The minimum absolute atomic E-state index is 0.201. The number of H-pyrrole nitrogens is 1. The van der Waals surface area contributed by atoms with E-state index in [-0.39, 0.29) is 5.91 Å². The van der Waals surface area contributed by atoms with E-state index in [1.807, 2.05) is 19.9 Å². The van der Waals surface area contributed by atoms with Gasteiger partial charge in [-0.05, 0) is 48.8 Å². The fraction of sp³-hybridized carbons (Fsp3) is 0.250. The summed E-state index contributed by atoms with van der Waals surface area (Å²) in [4.78, 5) is 16.4. The Hall–Kier alpha value is -1.69. The number of carbonyl (C=O) groups is 1. The molecular formula is C12H13BrN4O. The average Bonchev–Trinajstić information content (AvgIpc) is 2.64. The monoisotopic (exact) mass is 308 g/mol. The van der Waals surface area contributed by atoms with E-state index in [1.165, 1.54) is 0 Å². The van der Waals surface area contributed by atoms with Gasteiger partial charge in [0.05, 0.1) is 17.0 Å². The maximum Gasteiger partial charge on any atom is 0.260 e. The second-order valence-electron chi connectivity index (χ2n) is 4.03. The van der Waals surface area contributed by atoms with Crippen LogP contribution in [0.25, 0.3) is 0 Å². The number of pyridine rings is 1. The van der Waals surface area contributed by atoms with Crippen molar-refractivity contribution in [3.63, 3.8) is 0 Å². The lowest BCUT2D eigenvalue weighted by atomic mass is 10.2. The molecule has 0 saturated heterocycles. The van der Waals surface area contributed by atoms with E-state index >= 15 is 0 Å². The van der Waals surface area contributed by atoms with Crippen LogP contribution in [0.2, 0.25) is 0 Å². The molecule has 6 heteroatoms. The summed E-state index contributed by atoms with van der Waals surface area (Å²) in [5.74, 6) is 0.327. The van der Waals surface area contributed by atoms with Crippen LogP contribution in [-0.4, -0.2) is 21.1 Å². The highest BCUT2D eigenvalue weighted by atomic mass is 79.9. The van der Waals surface area contributed by atoms with Crippen molar-refractivity contribution < 1.29 is 4.79 Å². The van der Waals surface area contributed by atoms with Gasteiger partial charge in [-0.3, -0.25) is 9.89 Å². The summed E-state index contributed by atoms with van der Waals surface area (Å²) in [5.41, 5.74) is 2.82. The number of halogens is 1. The van der Waals surface area contributed by atoms with Crippen molar-refractivity contribution in [2.45, 2.75) is 20.8 Å². The van der Waals surface area contributed by atoms with Gasteiger partial charge in [-0.15, -0.1) is 0 Å². The smallest absolute Gasteiger partial charge is 0.260 e. The number of amides is 1. The summed E-state index contributed by atoms with van der Waals surface area (Å²) in [7, 11) is 0. The van der Waals surface area contributed by atoms with E-state index < -0.39 is 0 Å². The van der Waals surface area contributed by atoms with Gasteiger partial charge in [-0.1, -0.05) is 0 Å². The second-order valence-corrected chi connectivity index (χ2v) is 4.88. The lowest BCUT2D eigenvalue weighted by molar-refractivity contribution is 0.102. The molecule has 0 aliphatic rings. The maximum absolute atomic E-state index is 12.1. The molecule has 2 aromatic rings. The summed E-state index contributed by atoms with van der Waals surface area (Å²) in [5, 5.41) is 9.55. The predicted molar refractivity (Wildman–Crippen MR) is 72.7 cm³/mol. The Morgan fingerprint density at radius 2 is 2.00 bits per heavy atom. The number of aromatic nitrogens is 3. The van der Waals surface area contributed by atoms with Gasteiger partial charge in [0.1, 0.15) is 5.82 Å². The average molecular weight is 309 g/mol. The topological polar surface area (TPSA) is 70.7 Å². The van der Waals surface area contributed by atoms with Crippen LogP contribution in [0.1, 0.15) is 27.4 Å². The zero-order valence-electron chi connectivity index (χ0n) is 10.3. The van der Waals surface area contributed by atoms with E-state index in [1.54, 1.807) is 13.0 Å². The first-order valence-corrected chi connectivity index (χ1v) is 6.24. The van der Waals surface area contributed by atoms with Crippen LogP contribution in [0, 0.1) is 20.8 Å². The van der Waals surface area contributed by atoms with Crippen molar-refractivity contribution in [1.29, 1.82) is 0 Å². The number of hydrogen-bond acceptors (Lipinski definition) is 3. The van der Waals surface area contributed by atoms with Gasteiger partial charge < -0.3 is 5.32 Å². The lowest BCUT2D eigenvalue weighted by Gasteiger charge is -2.06. The number of carbonyl (C=O) groups excluding carboxylic acids is 1. The first-order valence-electron chi connectivity index (χ1n) is 5.45. The van der Waals surface area contributed by atoms with Crippen LogP contribution in [0.4, 0.5) is 5.82 Å². The summed E-state index contributed by atoms with van der Waals surface area (Å²) in [6, 6.07) is 3.60. The maximum atomic E-state index is 12.1. The molecule has 0 fully saturated rings. The summed E-state index contributed by atoms with van der Waals surface area (Å²) in [6.45, 7) is 5.47. The van der Waals surface area contributed by atoms with Crippen molar-refractivity contribution in [2.75, 3.05) is 5.32 Å². The number of anilines is 1. The molecule has 2 rings (SSSR count). The van der Waals surface area contributed by atoms with Crippen LogP contribution in [-0.2, 0) is 0 Å². The number of aryl methyl sites for hydroxylation is 3. The molecule has 2 heterocycles. The molecule has 94 valence electrons. The Morgan fingerprint density at radius 3 is 2.56 bits per heavy atom. The minimum atomic E-state index is -0.201. The number of nitrogens with one attached hydrogen (secondary N) is 2. The molecule has 2 N–H and O–H groups in total. The van der Waals surface area contributed by atoms with Crippen molar-refractivity contribution >= 4 is 27.7 Å². The highest BCUT2D eigenvalue weighted by Gasteiger charge is 2.15. The molecule has 0 atom stereocenters. The molecule has 0 saturated carbocycles. The third-order valence-electron chi connectivity index (χ3n) is 2.62. The largest absolute Gasteiger partial charge is 0.306 e. The van der Waals surface area contributed by atoms with Crippen molar-refractivity contribution in [3.8, 4) is 0 Å². The number of hydrogen-bond donors (Lipinski definition) is 2. The number of aromatic amines is 1. The van der Waals surface area contributed by atoms with Gasteiger partial charge in [0, 0.05) is 10.2 Å². The molecule has 1 amide bonds. The molecule has 0 bridgehead atoms. The summed E-state index contributed by atoms with van der Waals surface area (Å²) in [6.07, 6.45) is 0. The minimum Gasteiger partial charge on any atom is -0.306 e. The lowest BCUT2D eigenvalue weighted by Crippen LogP contribution is -2.14. The van der Waals surface area contributed by atoms with Gasteiger partial charge in [-0.2, -0.15) is 5.10 Å². The summed E-state index contributed by atoms with van der Waals surface area (Å²) < 4.78 is 0.913. The molecule has 0 radical (unpaired) electrons. The van der Waals surface area contributed by atoms with Gasteiger partial charge >= 0.3 is 0 Å². The van der Waals surface area contributed by atoms with Crippen LogP contribution in [0.5, 0.6) is 0 Å². The quantitative estimate of drug-likeness (QED) is 0.896. The highest BCUT2D eigenvalue weighted by molar-refractivity contribution is 9.10. The van der Waals surface area contributed by atoms with E-state index in [2.05, 4.69) is 36.4 Å². The Bertz CT molecular complexity index is 587. The van der Waals surface area contributed by atoms with Crippen molar-refractivity contribution in [1.82, 2.24) is 15.2 Å². The van der Waals surface area contributed by atoms with E-state index in [0.717, 1.165) is 15.9 Å². The number of nitrogens with zero attached hydrogens (tertiary/aromatic N) is 2. The molecule has 0 unspecified atom stereocenters. The third kappa shape index (κ3) is 2.43. The van der Waals surface area contributed by atoms with Crippen LogP contribution in [0.15, 0.2) is 16.6 Å². The Morgan fingerprint density at radius 1 is 1.28 bits per heavy atom. The molecule has 0 spiro atoms. The predicted octanol–water partition coefficient (Wildman–Crippen LogP) is 2.74. The van der Waals surface area contributed by atoms with E-state index in [9.17, 15) is 4.79 Å². The SMILES string of the molecule is Cc1nc(NC(=O)c2c(C)n[nH]c2C)ccc1Br. The van der Waals surface area contributed by atoms with Gasteiger partial charge in [0.2, 0.25) is 0 Å². The molecule has 0 aromatic carbocycles. The van der Waals surface area contributed by atoms with E-state index in [4.69, 9.17) is 0 Å². The molecule has 0 aliphatic heterocycles. The number of rotatable bonds is 2. The normalized spacial score (nSPS) is 10.4. The van der Waals surface area contributed by atoms with Gasteiger partial charge in [-0.25, -0.2) is 4.98 Å².